The van der Waals surface area contributed by atoms with Gasteiger partial charge in [-0.25, -0.2) is 0 Å². The molecular formula is C13H19N3O. The molecule has 0 radical (unpaired) electrons. The Morgan fingerprint density at radius 3 is 2.88 bits per heavy atom. The number of rotatable bonds is 5. The minimum atomic E-state index is 0.267. The number of hydrogen-bond acceptors (Lipinski definition) is 3. The molecule has 0 amide bonds. The largest absolute Gasteiger partial charge is 0.465 e. The van der Waals surface area contributed by atoms with E-state index in [0.717, 1.165) is 24.6 Å². The van der Waals surface area contributed by atoms with Crippen molar-refractivity contribution in [2.75, 3.05) is 0 Å². The van der Waals surface area contributed by atoms with Gasteiger partial charge in [0.15, 0.2) is 0 Å². The number of nitrogens with one attached hydrogen (secondary N) is 1. The first-order valence-corrected chi connectivity index (χ1v) is 6.01. The average Bonchev–Trinajstić information content (AvgIpc) is 2.94. The van der Waals surface area contributed by atoms with Crippen LogP contribution in [-0.2, 0) is 13.1 Å². The smallest absolute Gasteiger partial charge is 0.117 e. The first-order valence-electron chi connectivity index (χ1n) is 6.01. The minimum Gasteiger partial charge on any atom is -0.465 e. The van der Waals surface area contributed by atoms with E-state index in [1.807, 2.05) is 29.9 Å². The van der Waals surface area contributed by atoms with E-state index in [1.165, 1.54) is 5.69 Å². The molecule has 0 saturated carbocycles. The van der Waals surface area contributed by atoms with Crippen molar-refractivity contribution in [1.82, 2.24) is 15.1 Å². The summed E-state index contributed by atoms with van der Waals surface area (Å²) in [4.78, 5) is 0. The minimum absolute atomic E-state index is 0.267. The molecule has 0 saturated heterocycles. The molecule has 1 atom stereocenters. The summed E-state index contributed by atoms with van der Waals surface area (Å²) < 4.78 is 7.53. The Kier molecular flexibility index (Phi) is 3.64. The van der Waals surface area contributed by atoms with Crippen molar-refractivity contribution < 1.29 is 4.42 Å². The zero-order valence-electron chi connectivity index (χ0n) is 10.6. The first kappa shape index (κ1) is 11.9. The number of aryl methyl sites for hydroxylation is 2. The normalized spacial score (nSPS) is 12.9. The lowest BCUT2D eigenvalue weighted by Crippen LogP contribution is -2.20. The number of aromatic nitrogens is 2. The van der Waals surface area contributed by atoms with Crippen molar-refractivity contribution in [3.63, 3.8) is 0 Å². The highest BCUT2D eigenvalue weighted by molar-refractivity contribution is 5.08. The van der Waals surface area contributed by atoms with Gasteiger partial charge in [-0.3, -0.25) is 4.68 Å². The fraction of sp³-hybridized carbons (Fsp3) is 0.462. The van der Waals surface area contributed by atoms with Crippen LogP contribution in [0.2, 0.25) is 0 Å². The highest BCUT2D eigenvalue weighted by Gasteiger charge is 2.10. The monoisotopic (exact) mass is 233 g/mol. The van der Waals surface area contributed by atoms with Crippen molar-refractivity contribution in [2.24, 2.45) is 0 Å². The van der Waals surface area contributed by atoms with E-state index >= 15 is 0 Å². The van der Waals surface area contributed by atoms with E-state index in [1.54, 1.807) is 0 Å². The Hall–Kier alpha value is -1.55. The lowest BCUT2D eigenvalue weighted by atomic mass is 10.2. The van der Waals surface area contributed by atoms with Crippen molar-refractivity contribution in [3.05, 3.63) is 41.6 Å². The zero-order chi connectivity index (χ0) is 12.3. The van der Waals surface area contributed by atoms with E-state index in [4.69, 9.17) is 4.42 Å². The van der Waals surface area contributed by atoms with Crippen molar-refractivity contribution in [2.45, 2.75) is 39.9 Å². The van der Waals surface area contributed by atoms with Crippen LogP contribution < -0.4 is 5.32 Å². The summed E-state index contributed by atoms with van der Waals surface area (Å²) in [5.74, 6) is 1.92. The molecule has 2 heterocycles. The molecule has 0 fully saturated rings. The average molecular weight is 233 g/mol. The molecule has 0 aliphatic heterocycles. The molecular weight excluding hydrogens is 214 g/mol. The summed E-state index contributed by atoms with van der Waals surface area (Å²) in [5.41, 5.74) is 1.20. The van der Waals surface area contributed by atoms with Crippen molar-refractivity contribution in [1.29, 1.82) is 0 Å². The number of hydrogen-bond donors (Lipinski definition) is 1. The summed E-state index contributed by atoms with van der Waals surface area (Å²) in [7, 11) is 0. The van der Waals surface area contributed by atoms with Crippen LogP contribution in [0.1, 0.15) is 37.1 Å². The van der Waals surface area contributed by atoms with Crippen LogP contribution in [0.15, 0.2) is 28.8 Å². The van der Waals surface area contributed by atoms with Crippen molar-refractivity contribution in [3.8, 4) is 0 Å². The molecule has 4 heteroatoms. The van der Waals surface area contributed by atoms with Gasteiger partial charge in [-0.1, -0.05) is 0 Å². The first-order chi connectivity index (χ1) is 8.20. The van der Waals surface area contributed by atoms with Crippen LogP contribution in [0, 0.1) is 6.92 Å². The van der Waals surface area contributed by atoms with Gasteiger partial charge in [-0.05, 0) is 39.0 Å². The zero-order valence-corrected chi connectivity index (χ0v) is 10.6. The molecule has 0 aromatic carbocycles. The summed E-state index contributed by atoms with van der Waals surface area (Å²) in [5, 5.41) is 7.70. The second-order valence-electron chi connectivity index (χ2n) is 4.19. The van der Waals surface area contributed by atoms with Gasteiger partial charge >= 0.3 is 0 Å². The molecule has 2 aromatic rings. The molecule has 0 bridgehead atoms. The standard InChI is InChI=1S/C13H19N3O/c1-4-16-13(7-8-15-16)11(3)14-9-12-6-5-10(2)17-12/h5-8,11,14H,4,9H2,1-3H3. The molecule has 92 valence electrons. The fourth-order valence-corrected chi connectivity index (χ4v) is 1.91. The highest BCUT2D eigenvalue weighted by Crippen LogP contribution is 2.13. The lowest BCUT2D eigenvalue weighted by molar-refractivity contribution is 0.433. The van der Waals surface area contributed by atoms with Gasteiger partial charge in [0.05, 0.1) is 12.2 Å². The summed E-state index contributed by atoms with van der Waals surface area (Å²) in [6, 6.07) is 6.31. The molecule has 17 heavy (non-hydrogen) atoms. The van der Waals surface area contributed by atoms with E-state index in [0.29, 0.717) is 0 Å². The van der Waals surface area contributed by atoms with Crippen LogP contribution >= 0.6 is 0 Å². The summed E-state index contributed by atoms with van der Waals surface area (Å²) in [6.07, 6.45) is 1.84. The van der Waals surface area contributed by atoms with Crippen LogP contribution in [0.3, 0.4) is 0 Å². The third kappa shape index (κ3) is 2.77. The van der Waals surface area contributed by atoms with Crippen LogP contribution in [-0.4, -0.2) is 9.78 Å². The maximum Gasteiger partial charge on any atom is 0.117 e. The van der Waals surface area contributed by atoms with Gasteiger partial charge in [0.2, 0.25) is 0 Å². The predicted octanol–water partition coefficient (Wildman–Crippen LogP) is 2.66. The second kappa shape index (κ2) is 5.19. The van der Waals surface area contributed by atoms with Gasteiger partial charge < -0.3 is 9.73 Å². The lowest BCUT2D eigenvalue weighted by Gasteiger charge is -2.14. The van der Waals surface area contributed by atoms with Gasteiger partial charge in [0.25, 0.3) is 0 Å². The Morgan fingerprint density at radius 2 is 2.24 bits per heavy atom. The SMILES string of the molecule is CCn1nccc1C(C)NCc1ccc(C)o1. The molecule has 1 unspecified atom stereocenters. The van der Waals surface area contributed by atoms with Crippen molar-refractivity contribution >= 4 is 0 Å². The predicted molar refractivity (Wildman–Crippen MR) is 66.6 cm³/mol. The van der Waals surface area contributed by atoms with Gasteiger partial charge in [0.1, 0.15) is 11.5 Å². The quantitative estimate of drug-likeness (QED) is 0.863. The molecule has 2 aromatic heterocycles. The number of furan rings is 1. The maximum absolute atomic E-state index is 5.52. The molecule has 0 aliphatic carbocycles. The molecule has 1 N–H and O–H groups in total. The van der Waals surface area contributed by atoms with Crippen LogP contribution in [0.4, 0.5) is 0 Å². The Bertz CT molecular complexity index is 472. The third-order valence-electron chi connectivity index (χ3n) is 2.87. The molecule has 0 spiro atoms. The Morgan fingerprint density at radius 1 is 1.41 bits per heavy atom. The summed E-state index contributed by atoms with van der Waals surface area (Å²) in [6.45, 7) is 7.83. The summed E-state index contributed by atoms with van der Waals surface area (Å²) >= 11 is 0. The molecule has 2 rings (SSSR count). The van der Waals surface area contributed by atoms with E-state index in [-0.39, 0.29) is 6.04 Å². The van der Waals surface area contributed by atoms with Crippen LogP contribution in [0.5, 0.6) is 0 Å². The third-order valence-corrected chi connectivity index (χ3v) is 2.87. The number of nitrogens with zero attached hydrogens (tertiary/aromatic N) is 2. The van der Waals surface area contributed by atoms with E-state index < -0.39 is 0 Å². The second-order valence-corrected chi connectivity index (χ2v) is 4.19. The van der Waals surface area contributed by atoms with Crippen LogP contribution in [0.25, 0.3) is 0 Å². The topological polar surface area (TPSA) is 43.0 Å². The highest BCUT2D eigenvalue weighted by atomic mass is 16.3. The molecule has 0 aliphatic rings. The van der Waals surface area contributed by atoms with Gasteiger partial charge in [-0.15, -0.1) is 0 Å². The van der Waals surface area contributed by atoms with Gasteiger partial charge in [-0.2, -0.15) is 5.10 Å². The fourth-order valence-electron chi connectivity index (χ4n) is 1.91. The van der Waals surface area contributed by atoms with Gasteiger partial charge in [0, 0.05) is 18.8 Å². The van der Waals surface area contributed by atoms with E-state index in [9.17, 15) is 0 Å². The maximum atomic E-state index is 5.52. The Labute approximate surface area is 102 Å². The Balaban J connectivity index is 1.95. The van der Waals surface area contributed by atoms with E-state index in [2.05, 4.69) is 30.3 Å². The molecule has 4 nitrogen and oxygen atoms in total.